The maximum atomic E-state index is 12.3. The van der Waals surface area contributed by atoms with Crippen molar-refractivity contribution in [3.8, 4) is 11.4 Å². The number of hydrogen-bond donors (Lipinski definition) is 1. The molecule has 1 fully saturated rings. The lowest BCUT2D eigenvalue weighted by molar-refractivity contribution is 0.175. The zero-order valence-electron chi connectivity index (χ0n) is 16.1. The second kappa shape index (κ2) is 9.45. The van der Waals surface area contributed by atoms with Crippen LogP contribution in [0.4, 0.5) is 4.79 Å². The van der Waals surface area contributed by atoms with Crippen LogP contribution >= 0.6 is 0 Å². The van der Waals surface area contributed by atoms with E-state index in [0.717, 1.165) is 31.1 Å². The SMILES string of the molecule is CCC1CCN(CCNC(=O)N(C)Cc2nc(-c3cccnc3)no2)CC1. The highest BCUT2D eigenvalue weighted by atomic mass is 16.5. The predicted octanol–water partition coefficient (Wildman–Crippen LogP) is 2.40. The first-order chi connectivity index (χ1) is 13.2. The van der Waals surface area contributed by atoms with Gasteiger partial charge >= 0.3 is 6.03 Å². The number of nitrogens with one attached hydrogen (secondary N) is 1. The largest absolute Gasteiger partial charge is 0.337 e. The molecule has 8 heteroatoms. The number of piperidine rings is 1. The molecule has 1 aliphatic rings. The summed E-state index contributed by atoms with van der Waals surface area (Å²) in [7, 11) is 1.72. The normalized spacial score (nSPS) is 15.6. The Kier molecular flexibility index (Phi) is 6.75. The molecule has 2 aromatic heterocycles. The highest BCUT2D eigenvalue weighted by Gasteiger charge is 2.18. The van der Waals surface area contributed by atoms with Crippen molar-refractivity contribution in [1.29, 1.82) is 0 Å². The van der Waals surface area contributed by atoms with Crippen LogP contribution < -0.4 is 5.32 Å². The van der Waals surface area contributed by atoms with E-state index in [0.29, 0.717) is 18.3 Å². The van der Waals surface area contributed by atoms with E-state index >= 15 is 0 Å². The van der Waals surface area contributed by atoms with Crippen molar-refractivity contribution in [1.82, 2.24) is 30.2 Å². The molecule has 146 valence electrons. The molecule has 27 heavy (non-hydrogen) atoms. The van der Waals surface area contributed by atoms with Gasteiger partial charge in [0.2, 0.25) is 11.7 Å². The van der Waals surface area contributed by atoms with E-state index in [-0.39, 0.29) is 12.6 Å². The molecular formula is C19H28N6O2. The molecule has 0 aliphatic carbocycles. The van der Waals surface area contributed by atoms with Gasteiger partial charge in [0, 0.05) is 38.1 Å². The molecule has 2 aromatic rings. The minimum Gasteiger partial charge on any atom is -0.337 e. The maximum Gasteiger partial charge on any atom is 0.317 e. The van der Waals surface area contributed by atoms with Crippen molar-refractivity contribution >= 4 is 6.03 Å². The molecule has 1 saturated heterocycles. The van der Waals surface area contributed by atoms with Crippen LogP contribution in [0.15, 0.2) is 29.0 Å². The van der Waals surface area contributed by atoms with Gasteiger partial charge in [-0.15, -0.1) is 0 Å². The fourth-order valence-electron chi connectivity index (χ4n) is 3.28. The van der Waals surface area contributed by atoms with Gasteiger partial charge in [-0.1, -0.05) is 18.5 Å². The van der Waals surface area contributed by atoms with E-state index in [2.05, 4.69) is 32.3 Å². The lowest BCUT2D eigenvalue weighted by Gasteiger charge is -2.31. The Hall–Kier alpha value is -2.48. The van der Waals surface area contributed by atoms with Gasteiger partial charge in [-0.2, -0.15) is 4.98 Å². The first-order valence-corrected chi connectivity index (χ1v) is 9.60. The topological polar surface area (TPSA) is 87.4 Å². The number of amides is 2. The lowest BCUT2D eigenvalue weighted by Crippen LogP contribution is -2.43. The van der Waals surface area contributed by atoms with Gasteiger partial charge < -0.3 is 19.6 Å². The van der Waals surface area contributed by atoms with Crippen molar-refractivity contribution in [3.63, 3.8) is 0 Å². The van der Waals surface area contributed by atoms with Crippen molar-refractivity contribution in [2.24, 2.45) is 5.92 Å². The molecule has 1 N–H and O–H groups in total. The lowest BCUT2D eigenvalue weighted by atomic mass is 9.94. The van der Waals surface area contributed by atoms with Gasteiger partial charge in [0.15, 0.2) is 0 Å². The summed E-state index contributed by atoms with van der Waals surface area (Å²) in [6.45, 7) is 6.32. The molecule has 1 aliphatic heterocycles. The number of aromatic nitrogens is 3. The summed E-state index contributed by atoms with van der Waals surface area (Å²) in [4.78, 5) is 24.6. The van der Waals surface area contributed by atoms with Gasteiger partial charge in [0.05, 0.1) is 0 Å². The number of carbonyl (C=O) groups excluding carboxylic acids is 1. The fourth-order valence-corrected chi connectivity index (χ4v) is 3.28. The van der Waals surface area contributed by atoms with Gasteiger partial charge in [0.1, 0.15) is 6.54 Å². The van der Waals surface area contributed by atoms with E-state index in [4.69, 9.17) is 4.52 Å². The Balaban J connectivity index is 1.40. The number of likely N-dealkylation sites (tertiary alicyclic amines) is 1. The fraction of sp³-hybridized carbons (Fsp3) is 0.579. The van der Waals surface area contributed by atoms with Crippen LogP contribution in [0.25, 0.3) is 11.4 Å². The number of pyridine rings is 1. The Morgan fingerprint density at radius 3 is 2.93 bits per heavy atom. The van der Waals surface area contributed by atoms with Gasteiger partial charge in [-0.25, -0.2) is 4.79 Å². The number of hydrogen-bond acceptors (Lipinski definition) is 6. The standard InChI is InChI=1S/C19H28N6O2/c1-3-15-6-10-25(11-7-15)12-9-21-19(26)24(2)14-17-22-18(23-27-17)16-5-4-8-20-13-16/h4-5,8,13,15H,3,6-7,9-12,14H2,1-2H3,(H,21,26). The molecular weight excluding hydrogens is 344 g/mol. The van der Waals surface area contributed by atoms with E-state index in [1.165, 1.54) is 19.3 Å². The second-order valence-corrected chi connectivity index (χ2v) is 7.03. The summed E-state index contributed by atoms with van der Waals surface area (Å²) in [5.41, 5.74) is 0.784. The molecule has 0 atom stereocenters. The highest BCUT2D eigenvalue weighted by Crippen LogP contribution is 2.19. The molecule has 0 radical (unpaired) electrons. The van der Waals surface area contributed by atoms with Gasteiger partial charge in [-0.05, 0) is 44.0 Å². The smallest absolute Gasteiger partial charge is 0.317 e. The van der Waals surface area contributed by atoms with Crippen LogP contribution in [0.2, 0.25) is 0 Å². The number of rotatable bonds is 7. The number of carbonyl (C=O) groups is 1. The first-order valence-electron chi connectivity index (χ1n) is 9.60. The van der Waals surface area contributed by atoms with E-state index in [1.54, 1.807) is 24.3 Å². The average Bonchev–Trinajstić information content (AvgIpc) is 3.17. The average molecular weight is 372 g/mol. The highest BCUT2D eigenvalue weighted by molar-refractivity contribution is 5.73. The van der Waals surface area contributed by atoms with Crippen molar-refractivity contribution < 1.29 is 9.32 Å². The van der Waals surface area contributed by atoms with Gasteiger partial charge in [-0.3, -0.25) is 4.98 Å². The molecule has 0 unspecified atom stereocenters. The molecule has 2 amide bonds. The summed E-state index contributed by atoms with van der Waals surface area (Å²) in [5.74, 6) is 1.74. The quantitative estimate of drug-likeness (QED) is 0.803. The predicted molar refractivity (Wildman–Crippen MR) is 102 cm³/mol. The Bertz CT molecular complexity index is 712. The third kappa shape index (κ3) is 5.50. The zero-order valence-corrected chi connectivity index (χ0v) is 16.1. The van der Waals surface area contributed by atoms with Crippen LogP contribution in [0.5, 0.6) is 0 Å². The van der Waals surface area contributed by atoms with E-state index in [9.17, 15) is 4.79 Å². The summed E-state index contributed by atoms with van der Waals surface area (Å²) >= 11 is 0. The van der Waals surface area contributed by atoms with Crippen LogP contribution in [0.1, 0.15) is 32.1 Å². The summed E-state index contributed by atoms with van der Waals surface area (Å²) < 4.78 is 5.24. The minimum atomic E-state index is -0.139. The van der Waals surface area contributed by atoms with E-state index < -0.39 is 0 Å². The first kappa shape index (κ1) is 19.3. The third-order valence-corrected chi connectivity index (χ3v) is 5.10. The zero-order chi connectivity index (χ0) is 19.1. The van der Waals surface area contributed by atoms with E-state index in [1.807, 2.05) is 12.1 Å². The summed E-state index contributed by atoms with van der Waals surface area (Å²) in [6.07, 6.45) is 7.16. The Morgan fingerprint density at radius 1 is 1.41 bits per heavy atom. The molecule has 8 nitrogen and oxygen atoms in total. The van der Waals surface area contributed by atoms with Crippen LogP contribution in [0, 0.1) is 5.92 Å². The monoisotopic (exact) mass is 372 g/mol. The molecule has 0 spiro atoms. The maximum absolute atomic E-state index is 12.3. The molecule has 3 rings (SSSR count). The molecule has 3 heterocycles. The van der Waals surface area contributed by atoms with Gasteiger partial charge in [0.25, 0.3) is 0 Å². The third-order valence-electron chi connectivity index (χ3n) is 5.10. The number of nitrogens with zero attached hydrogens (tertiary/aromatic N) is 5. The summed E-state index contributed by atoms with van der Waals surface area (Å²) in [5, 5.41) is 6.90. The van der Waals surface area contributed by atoms with Crippen LogP contribution in [-0.2, 0) is 6.54 Å². The Morgan fingerprint density at radius 2 is 2.22 bits per heavy atom. The minimum absolute atomic E-state index is 0.139. The summed E-state index contributed by atoms with van der Waals surface area (Å²) in [6, 6.07) is 3.54. The van der Waals surface area contributed by atoms with Crippen LogP contribution in [-0.4, -0.2) is 64.2 Å². The molecule has 0 saturated carbocycles. The van der Waals surface area contributed by atoms with Crippen molar-refractivity contribution in [3.05, 3.63) is 30.4 Å². The molecule has 0 aromatic carbocycles. The number of urea groups is 1. The Labute approximate surface area is 159 Å². The molecule has 0 bridgehead atoms. The van der Waals surface area contributed by atoms with Crippen molar-refractivity contribution in [2.45, 2.75) is 32.7 Å². The second-order valence-electron chi connectivity index (χ2n) is 7.03. The van der Waals surface area contributed by atoms with Crippen LogP contribution in [0.3, 0.4) is 0 Å². The van der Waals surface area contributed by atoms with Crippen molar-refractivity contribution in [2.75, 3.05) is 33.2 Å².